The SMILES string of the molecule is CC(=O)c1ccc(NC(=O)Cn2c(C)cc(=O)n3nc(-c4cccc(C)c4)nc23)cc1. The van der Waals surface area contributed by atoms with Crippen molar-refractivity contribution in [1.29, 1.82) is 0 Å². The number of rotatable bonds is 5. The molecular formula is C23H21N5O3. The molecule has 0 saturated carbocycles. The second-order valence-electron chi connectivity index (χ2n) is 7.41. The Bertz CT molecular complexity index is 1370. The molecule has 0 unspecified atom stereocenters. The van der Waals surface area contributed by atoms with Gasteiger partial charge in [0, 0.05) is 28.6 Å². The van der Waals surface area contributed by atoms with Gasteiger partial charge in [-0.1, -0.05) is 23.8 Å². The maximum absolute atomic E-state index is 12.7. The lowest BCUT2D eigenvalue weighted by Gasteiger charge is -2.11. The Morgan fingerprint density at radius 3 is 2.45 bits per heavy atom. The van der Waals surface area contributed by atoms with Crippen molar-refractivity contribution in [3.8, 4) is 11.4 Å². The Hall–Kier alpha value is -4.07. The topological polar surface area (TPSA) is 98.4 Å². The van der Waals surface area contributed by atoms with Crippen molar-refractivity contribution in [1.82, 2.24) is 19.2 Å². The standard InChI is InChI=1S/C23H21N5O3/c1-14-5-4-6-18(11-14)22-25-23-27(15(2)12-21(31)28(23)26-22)13-20(30)24-19-9-7-17(8-10-19)16(3)29/h4-12H,13H2,1-3H3,(H,24,30). The summed E-state index contributed by atoms with van der Waals surface area (Å²) in [7, 11) is 0. The summed E-state index contributed by atoms with van der Waals surface area (Å²) >= 11 is 0. The Morgan fingerprint density at radius 1 is 1.03 bits per heavy atom. The third-order valence-electron chi connectivity index (χ3n) is 4.95. The number of ketones is 1. The second-order valence-corrected chi connectivity index (χ2v) is 7.41. The number of amides is 1. The van der Waals surface area contributed by atoms with Crippen molar-refractivity contribution in [2.24, 2.45) is 0 Å². The molecular weight excluding hydrogens is 394 g/mol. The first-order chi connectivity index (χ1) is 14.8. The van der Waals surface area contributed by atoms with E-state index < -0.39 is 0 Å². The molecule has 4 rings (SSSR count). The highest BCUT2D eigenvalue weighted by molar-refractivity contribution is 5.95. The number of nitrogens with zero attached hydrogens (tertiary/aromatic N) is 4. The number of anilines is 1. The highest BCUT2D eigenvalue weighted by atomic mass is 16.2. The molecule has 4 aromatic rings. The highest BCUT2D eigenvalue weighted by Gasteiger charge is 2.16. The zero-order valence-electron chi connectivity index (χ0n) is 17.4. The molecule has 1 amide bonds. The van der Waals surface area contributed by atoms with Gasteiger partial charge in [0.1, 0.15) is 6.54 Å². The minimum Gasteiger partial charge on any atom is -0.325 e. The van der Waals surface area contributed by atoms with Crippen LogP contribution in [0.25, 0.3) is 17.2 Å². The van der Waals surface area contributed by atoms with E-state index in [1.165, 1.54) is 17.5 Å². The van der Waals surface area contributed by atoms with Gasteiger partial charge < -0.3 is 9.88 Å². The molecule has 0 aliphatic rings. The fraction of sp³-hybridized carbons (Fsp3) is 0.174. The van der Waals surface area contributed by atoms with Crippen LogP contribution in [0.5, 0.6) is 0 Å². The lowest BCUT2D eigenvalue weighted by molar-refractivity contribution is -0.116. The molecule has 2 aromatic heterocycles. The molecule has 8 heteroatoms. The van der Waals surface area contributed by atoms with E-state index in [1.54, 1.807) is 35.8 Å². The number of aryl methyl sites for hydroxylation is 2. The summed E-state index contributed by atoms with van der Waals surface area (Å²) in [6, 6.07) is 15.8. The van der Waals surface area contributed by atoms with E-state index in [-0.39, 0.29) is 23.8 Å². The Balaban J connectivity index is 1.66. The van der Waals surface area contributed by atoms with Crippen LogP contribution in [0.15, 0.2) is 59.4 Å². The molecule has 0 aliphatic heterocycles. The minimum absolute atomic E-state index is 0.0413. The summed E-state index contributed by atoms with van der Waals surface area (Å²) in [5.41, 5.74) is 3.29. The molecule has 2 aromatic carbocycles. The van der Waals surface area contributed by atoms with Gasteiger partial charge >= 0.3 is 0 Å². The Kier molecular flexibility index (Phi) is 5.21. The molecule has 0 spiro atoms. The first kappa shape index (κ1) is 20.2. The molecule has 156 valence electrons. The van der Waals surface area contributed by atoms with Crippen molar-refractivity contribution in [2.45, 2.75) is 27.3 Å². The van der Waals surface area contributed by atoms with Gasteiger partial charge in [-0.15, -0.1) is 5.10 Å². The molecule has 0 saturated heterocycles. The number of Topliss-reactive ketones (excluding diaryl/α,β-unsaturated/α-hetero) is 1. The van der Waals surface area contributed by atoms with Gasteiger partial charge in [0.05, 0.1) is 0 Å². The number of carbonyl (C=O) groups excluding carboxylic acids is 2. The normalized spacial score (nSPS) is 10.9. The van der Waals surface area contributed by atoms with Gasteiger partial charge in [-0.25, -0.2) is 0 Å². The zero-order valence-corrected chi connectivity index (χ0v) is 17.4. The first-order valence-corrected chi connectivity index (χ1v) is 9.77. The van der Waals surface area contributed by atoms with E-state index >= 15 is 0 Å². The summed E-state index contributed by atoms with van der Waals surface area (Å²) < 4.78 is 2.85. The predicted octanol–water partition coefficient (Wildman–Crippen LogP) is 3.02. The van der Waals surface area contributed by atoms with Gasteiger partial charge in [0.2, 0.25) is 11.7 Å². The predicted molar refractivity (Wildman–Crippen MR) is 117 cm³/mol. The molecule has 0 radical (unpaired) electrons. The third-order valence-corrected chi connectivity index (χ3v) is 4.95. The molecule has 0 bridgehead atoms. The quantitative estimate of drug-likeness (QED) is 0.505. The number of hydrogen-bond donors (Lipinski definition) is 1. The number of hydrogen-bond acceptors (Lipinski definition) is 5. The fourth-order valence-corrected chi connectivity index (χ4v) is 3.34. The van der Waals surface area contributed by atoms with Gasteiger partial charge in [0.15, 0.2) is 11.6 Å². The summed E-state index contributed by atoms with van der Waals surface area (Å²) in [4.78, 5) is 41.0. The van der Waals surface area contributed by atoms with Crippen LogP contribution in [0.2, 0.25) is 0 Å². The van der Waals surface area contributed by atoms with Crippen molar-refractivity contribution >= 4 is 23.2 Å². The number of fused-ring (bicyclic) bond motifs is 1. The van der Waals surface area contributed by atoms with Gasteiger partial charge in [-0.2, -0.15) is 9.50 Å². The van der Waals surface area contributed by atoms with Crippen LogP contribution in [0, 0.1) is 13.8 Å². The molecule has 0 aliphatic carbocycles. The van der Waals surface area contributed by atoms with Crippen LogP contribution >= 0.6 is 0 Å². The van der Waals surface area contributed by atoms with Crippen LogP contribution in [-0.4, -0.2) is 30.9 Å². The Morgan fingerprint density at radius 2 is 1.77 bits per heavy atom. The summed E-state index contributed by atoms with van der Waals surface area (Å²) in [5.74, 6) is 0.383. The van der Waals surface area contributed by atoms with Gasteiger partial charge in [-0.3, -0.25) is 14.4 Å². The van der Waals surface area contributed by atoms with Gasteiger partial charge in [0.25, 0.3) is 5.56 Å². The van der Waals surface area contributed by atoms with Crippen LogP contribution < -0.4 is 10.9 Å². The lowest BCUT2D eigenvalue weighted by atomic mass is 10.1. The number of benzene rings is 2. The smallest absolute Gasteiger partial charge is 0.275 e. The fourth-order valence-electron chi connectivity index (χ4n) is 3.34. The molecule has 31 heavy (non-hydrogen) atoms. The van der Waals surface area contributed by atoms with E-state index in [0.717, 1.165) is 11.1 Å². The number of carbonyl (C=O) groups is 2. The number of nitrogens with one attached hydrogen (secondary N) is 1. The van der Waals surface area contributed by atoms with Crippen LogP contribution in [-0.2, 0) is 11.3 Å². The summed E-state index contributed by atoms with van der Waals surface area (Å²) in [5, 5.41) is 7.15. The summed E-state index contributed by atoms with van der Waals surface area (Å²) in [6.45, 7) is 5.16. The number of aromatic nitrogens is 4. The van der Waals surface area contributed by atoms with Crippen LogP contribution in [0.3, 0.4) is 0 Å². The van der Waals surface area contributed by atoms with E-state index in [2.05, 4.69) is 15.4 Å². The third kappa shape index (κ3) is 4.13. The molecule has 0 atom stereocenters. The van der Waals surface area contributed by atoms with E-state index in [9.17, 15) is 14.4 Å². The van der Waals surface area contributed by atoms with E-state index in [0.29, 0.717) is 28.5 Å². The Labute approximate surface area is 178 Å². The zero-order chi connectivity index (χ0) is 22.1. The molecule has 8 nitrogen and oxygen atoms in total. The first-order valence-electron chi connectivity index (χ1n) is 9.77. The maximum atomic E-state index is 12.7. The van der Waals surface area contributed by atoms with Crippen molar-refractivity contribution < 1.29 is 9.59 Å². The van der Waals surface area contributed by atoms with E-state index in [4.69, 9.17) is 0 Å². The second kappa shape index (κ2) is 7.98. The van der Waals surface area contributed by atoms with Gasteiger partial charge in [-0.05, 0) is 51.1 Å². The van der Waals surface area contributed by atoms with Crippen LogP contribution in [0.4, 0.5) is 5.69 Å². The lowest BCUT2D eigenvalue weighted by Crippen LogP contribution is -2.25. The van der Waals surface area contributed by atoms with Crippen molar-refractivity contribution in [2.75, 3.05) is 5.32 Å². The highest BCUT2D eigenvalue weighted by Crippen LogP contribution is 2.18. The molecule has 0 fully saturated rings. The van der Waals surface area contributed by atoms with Crippen molar-refractivity contribution in [3.05, 3.63) is 81.8 Å². The van der Waals surface area contributed by atoms with Crippen molar-refractivity contribution in [3.63, 3.8) is 0 Å². The minimum atomic E-state index is -0.310. The molecule has 1 N–H and O–H groups in total. The molecule has 2 heterocycles. The average Bonchev–Trinajstić information content (AvgIpc) is 3.17. The largest absolute Gasteiger partial charge is 0.325 e. The monoisotopic (exact) mass is 415 g/mol. The van der Waals surface area contributed by atoms with E-state index in [1.807, 2.05) is 31.2 Å². The van der Waals surface area contributed by atoms with Crippen LogP contribution in [0.1, 0.15) is 28.5 Å². The maximum Gasteiger partial charge on any atom is 0.275 e. The summed E-state index contributed by atoms with van der Waals surface area (Å²) in [6.07, 6.45) is 0. The average molecular weight is 415 g/mol.